The third-order valence-corrected chi connectivity index (χ3v) is 2.35. The Hall–Kier alpha value is -0.830. The summed E-state index contributed by atoms with van der Waals surface area (Å²) in [6.45, 7) is 13.2. The van der Waals surface area contributed by atoms with Crippen LogP contribution in [0.25, 0.3) is 0 Å². The summed E-state index contributed by atoms with van der Waals surface area (Å²) in [5.41, 5.74) is 0.452. The topological polar surface area (TPSA) is 29.5 Å². The molecule has 0 bridgehead atoms. The molecular weight excluding hydrogens is 190 g/mol. The van der Waals surface area contributed by atoms with E-state index in [0.29, 0.717) is 5.57 Å². The number of carbonyl (C=O) groups is 1. The SMILES string of the molecule is C=C(C)C(=O)OC(C)N(CC)CCCC. The van der Waals surface area contributed by atoms with Gasteiger partial charge in [0.15, 0.2) is 6.23 Å². The second-order valence-corrected chi connectivity index (χ2v) is 3.77. The normalized spacial score (nSPS) is 12.6. The Morgan fingerprint density at radius 1 is 1.47 bits per heavy atom. The Kier molecular flexibility index (Phi) is 7.05. The molecule has 0 saturated carbocycles. The number of hydrogen-bond acceptors (Lipinski definition) is 3. The van der Waals surface area contributed by atoms with Crippen LogP contribution >= 0.6 is 0 Å². The standard InChI is InChI=1S/C12H23NO2/c1-6-8-9-13(7-2)11(5)15-12(14)10(3)4/h11H,3,6-9H2,1-2,4-5H3. The molecule has 0 amide bonds. The molecule has 0 radical (unpaired) electrons. The monoisotopic (exact) mass is 213 g/mol. The van der Waals surface area contributed by atoms with E-state index in [9.17, 15) is 4.79 Å². The quantitative estimate of drug-likeness (QED) is 0.370. The van der Waals surface area contributed by atoms with E-state index in [2.05, 4.69) is 25.3 Å². The van der Waals surface area contributed by atoms with Crippen molar-refractivity contribution in [3.63, 3.8) is 0 Å². The van der Waals surface area contributed by atoms with Gasteiger partial charge < -0.3 is 4.74 Å². The van der Waals surface area contributed by atoms with Crippen molar-refractivity contribution in [1.29, 1.82) is 0 Å². The minimum Gasteiger partial charge on any atom is -0.443 e. The number of ether oxygens (including phenoxy) is 1. The van der Waals surface area contributed by atoms with Crippen molar-refractivity contribution >= 4 is 5.97 Å². The molecule has 0 aliphatic heterocycles. The Morgan fingerprint density at radius 3 is 2.47 bits per heavy atom. The van der Waals surface area contributed by atoms with Crippen LogP contribution in [0.15, 0.2) is 12.2 Å². The van der Waals surface area contributed by atoms with Gasteiger partial charge >= 0.3 is 5.97 Å². The molecule has 88 valence electrons. The highest BCUT2D eigenvalue weighted by molar-refractivity contribution is 5.87. The highest BCUT2D eigenvalue weighted by Crippen LogP contribution is 2.05. The first-order chi connectivity index (χ1) is 7.02. The van der Waals surface area contributed by atoms with Crippen molar-refractivity contribution < 1.29 is 9.53 Å². The fourth-order valence-corrected chi connectivity index (χ4v) is 1.29. The first-order valence-electron chi connectivity index (χ1n) is 5.63. The van der Waals surface area contributed by atoms with Crippen LogP contribution in [0.4, 0.5) is 0 Å². The lowest BCUT2D eigenvalue weighted by Crippen LogP contribution is -2.37. The Balaban J connectivity index is 4.08. The van der Waals surface area contributed by atoms with Gasteiger partial charge in [-0.05, 0) is 26.8 Å². The summed E-state index contributed by atoms with van der Waals surface area (Å²) in [6, 6.07) is 0. The van der Waals surface area contributed by atoms with Crippen LogP contribution in [-0.4, -0.2) is 30.2 Å². The number of unbranched alkanes of at least 4 members (excludes halogenated alkanes) is 1. The van der Waals surface area contributed by atoms with Gasteiger partial charge in [0.25, 0.3) is 0 Å². The van der Waals surface area contributed by atoms with E-state index in [-0.39, 0.29) is 12.2 Å². The maximum absolute atomic E-state index is 11.3. The fourth-order valence-electron chi connectivity index (χ4n) is 1.29. The van der Waals surface area contributed by atoms with Crippen molar-refractivity contribution in [2.45, 2.75) is 46.8 Å². The lowest BCUT2D eigenvalue weighted by molar-refractivity contribution is -0.152. The zero-order valence-corrected chi connectivity index (χ0v) is 10.4. The molecule has 0 aliphatic carbocycles. The molecule has 1 unspecified atom stereocenters. The average molecular weight is 213 g/mol. The van der Waals surface area contributed by atoms with Gasteiger partial charge in [-0.1, -0.05) is 26.8 Å². The zero-order valence-electron chi connectivity index (χ0n) is 10.4. The van der Waals surface area contributed by atoms with Crippen molar-refractivity contribution in [3.05, 3.63) is 12.2 Å². The van der Waals surface area contributed by atoms with Crippen LogP contribution in [0.5, 0.6) is 0 Å². The molecule has 0 saturated heterocycles. The largest absolute Gasteiger partial charge is 0.443 e. The number of carbonyl (C=O) groups excluding carboxylic acids is 1. The van der Waals surface area contributed by atoms with Crippen molar-refractivity contribution in [2.75, 3.05) is 13.1 Å². The summed E-state index contributed by atoms with van der Waals surface area (Å²) in [4.78, 5) is 13.4. The van der Waals surface area contributed by atoms with E-state index in [4.69, 9.17) is 4.74 Å². The summed E-state index contributed by atoms with van der Waals surface area (Å²) in [7, 11) is 0. The molecule has 0 aromatic rings. The fraction of sp³-hybridized carbons (Fsp3) is 0.750. The van der Waals surface area contributed by atoms with Crippen LogP contribution in [0.1, 0.15) is 40.5 Å². The third kappa shape index (κ3) is 5.57. The minimum atomic E-state index is -0.308. The van der Waals surface area contributed by atoms with Gasteiger partial charge in [-0.25, -0.2) is 4.79 Å². The van der Waals surface area contributed by atoms with Gasteiger partial charge in [0.2, 0.25) is 0 Å². The third-order valence-electron chi connectivity index (χ3n) is 2.35. The summed E-state index contributed by atoms with van der Waals surface area (Å²) in [5, 5.41) is 0. The van der Waals surface area contributed by atoms with Crippen LogP contribution in [0.3, 0.4) is 0 Å². The van der Waals surface area contributed by atoms with E-state index >= 15 is 0 Å². The first kappa shape index (κ1) is 14.2. The van der Waals surface area contributed by atoms with Crippen LogP contribution in [0.2, 0.25) is 0 Å². The van der Waals surface area contributed by atoms with Gasteiger partial charge in [0.1, 0.15) is 0 Å². The maximum atomic E-state index is 11.3. The predicted octanol–water partition coefficient (Wildman–Crippen LogP) is 2.57. The molecule has 0 rings (SSSR count). The molecule has 3 heteroatoms. The van der Waals surface area contributed by atoms with E-state index in [0.717, 1.165) is 25.9 Å². The van der Waals surface area contributed by atoms with Gasteiger partial charge in [-0.15, -0.1) is 0 Å². The van der Waals surface area contributed by atoms with Gasteiger partial charge in [0, 0.05) is 12.1 Å². The lowest BCUT2D eigenvalue weighted by atomic mass is 10.3. The highest BCUT2D eigenvalue weighted by atomic mass is 16.6. The smallest absolute Gasteiger partial charge is 0.334 e. The Labute approximate surface area is 93.1 Å². The van der Waals surface area contributed by atoms with E-state index in [1.54, 1.807) is 6.92 Å². The van der Waals surface area contributed by atoms with Crippen molar-refractivity contribution in [1.82, 2.24) is 4.90 Å². The molecule has 0 spiro atoms. The second-order valence-electron chi connectivity index (χ2n) is 3.77. The van der Waals surface area contributed by atoms with Gasteiger partial charge in [0.05, 0.1) is 0 Å². The van der Waals surface area contributed by atoms with Gasteiger partial charge in [-0.2, -0.15) is 0 Å². The van der Waals surface area contributed by atoms with E-state index in [1.807, 2.05) is 6.92 Å². The maximum Gasteiger partial charge on any atom is 0.334 e. The van der Waals surface area contributed by atoms with Crippen molar-refractivity contribution in [3.8, 4) is 0 Å². The highest BCUT2D eigenvalue weighted by Gasteiger charge is 2.15. The summed E-state index contributed by atoms with van der Waals surface area (Å²) >= 11 is 0. The Morgan fingerprint density at radius 2 is 2.07 bits per heavy atom. The number of nitrogens with zero attached hydrogens (tertiary/aromatic N) is 1. The number of rotatable bonds is 7. The molecule has 0 heterocycles. The van der Waals surface area contributed by atoms with E-state index < -0.39 is 0 Å². The minimum absolute atomic E-state index is 0.161. The molecule has 0 aromatic heterocycles. The number of hydrogen-bond donors (Lipinski definition) is 0. The zero-order chi connectivity index (χ0) is 11.8. The lowest BCUT2D eigenvalue weighted by Gasteiger charge is -2.27. The van der Waals surface area contributed by atoms with E-state index in [1.165, 1.54) is 0 Å². The van der Waals surface area contributed by atoms with Crippen molar-refractivity contribution in [2.24, 2.45) is 0 Å². The number of esters is 1. The molecule has 0 N–H and O–H groups in total. The van der Waals surface area contributed by atoms with Crippen LogP contribution in [0, 0.1) is 0 Å². The summed E-state index contributed by atoms with van der Waals surface area (Å²) in [6.07, 6.45) is 2.12. The summed E-state index contributed by atoms with van der Waals surface area (Å²) < 4.78 is 5.25. The van der Waals surface area contributed by atoms with Crippen LogP contribution < -0.4 is 0 Å². The second kappa shape index (κ2) is 7.46. The first-order valence-corrected chi connectivity index (χ1v) is 5.63. The molecule has 0 aliphatic rings. The Bertz CT molecular complexity index is 214. The molecule has 1 atom stereocenters. The van der Waals surface area contributed by atoms with Crippen LogP contribution in [-0.2, 0) is 9.53 Å². The van der Waals surface area contributed by atoms with Gasteiger partial charge in [-0.3, -0.25) is 4.90 Å². The molecule has 15 heavy (non-hydrogen) atoms. The summed E-state index contributed by atoms with van der Waals surface area (Å²) in [5.74, 6) is -0.308. The molecular formula is C12H23NO2. The predicted molar refractivity (Wildman–Crippen MR) is 62.5 cm³/mol. The molecule has 3 nitrogen and oxygen atoms in total. The molecule has 0 fully saturated rings. The average Bonchev–Trinajstić information content (AvgIpc) is 2.18. The molecule has 0 aromatic carbocycles.